The molecule has 0 fully saturated rings. The predicted octanol–water partition coefficient (Wildman–Crippen LogP) is 2.61. The molecule has 1 aromatic rings. The summed E-state index contributed by atoms with van der Waals surface area (Å²) in [7, 11) is 0. The van der Waals surface area contributed by atoms with Gasteiger partial charge in [0.1, 0.15) is 0 Å². The van der Waals surface area contributed by atoms with Crippen LogP contribution in [-0.2, 0) is 6.42 Å². The standard InChI is InChI=1S/C11H16N2S2/c1-2-12-11(14)13-9-4-3-5-10-8(9)6-7-15-10/h6-7,9H,2-5H2,1H3,(H2,12,13,14). The Morgan fingerprint density at radius 3 is 3.33 bits per heavy atom. The van der Waals surface area contributed by atoms with Gasteiger partial charge in [0.15, 0.2) is 5.11 Å². The van der Waals surface area contributed by atoms with E-state index < -0.39 is 0 Å². The summed E-state index contributed by atoms with van der Waals surface area (Å²) in [6.07, 6.45) is 3.69. The Morgan fingerprint density at radius 1 is 1.67 bits per heavy atom. The van der Waals surface area contributed by atoms with Crippen molar-refractivity contribution in [2.24, 2.45) is 0 Å². The summed E-state index contributed by atoms with van der Waals surface area (Å²) in [5, 5.41) is 9.49. The minimum atomic E-state index is 0.423. The Hall–Kier alpha value is -0.610. The molecule has 0 aromatic carbocycles. The first-order valence-electron chi connectivity index (χ1n) is 5.42. The molecule has 1 aliphatic rings. The zero-order valence-electron chi connectivity index (χ0n) is 8.88. The van der Waals surface area contributed by atoms with E-state index in [0.717, 1.165) is 11.7 Å². The molecular formula is C11H16N2S2. The Bertz CT molecular complexity index is 346. The van der Waals surface area contributed by atoms with E-state index in [1.165, 1.54) is 29.7 Å². The highest BCUT2D eigenvalue weighted by Crippen LogP contribution is 2.33. The van der Waals surface area contributed by atoms with E-state index in [9.17, 15) is 0 Å². The second-order valence-corrected chi connectivity index (χ2v) is 5.16. The van der Waals surface area contributed by atoms with Crippen molar-refractivity contribution in [1.82, 2.24) is 10.6 Å². The molecule has 1 aromatic heterocycles. The van der Waals surface area contributed by atoms with Gasteiger partial charge < -0.3 is 10.6 Å². The fraction of sp³-hybridized carbons (Fsp3) is 0.545. The lowest BCUT2D eigenvalue weighted by atomic mass is 9.94. The van der Waals surface area contributed by atoms with Gasteiger partial charge in [0.05, 0.1) is 6.04 Å². The molecular weight excluding hydrogens is 224 g/mol. The molecule has 1 aliphatic carbocycles. The summed E-state index contributed by atoms with van der Waals surface area (Å²) in [6.45, 7) is 2.94. The van der Waals surface area contributed by atoms with E-state index in [1.54, 1.807) is 0 Å². The van der Waals surface area contributed by atoms with Crippen LogP contribution >= 0.6 is 23.6 Å². The summed E-state index contributed by atoms with van der Waals surface area (Å²) in [5.74, 6) is 0. The third-order valence-electron chi connectivity index (χ3n) is 2.69. The first kappa shape index (κ1) is 10.9. The number of thiophene rings is 1. The topological polar surface area (TPSA) is 24.1 Å². The van der Waals surface area contributed by atoms with Gasteiger partial charge in [-0.2, -0.15) is 0 Å². The average Bonchev–Trinajstić information content (AvgIpc) is 2.67. The fourth-order valence-corrected chi connectivity index (χ4v) is 3.28. The van der Waals surface area contributed by atoms with Crippen molar-refractivity contribution in [3.63, 3.8) is 0 Å². The average molecular weight is 240 g/mol. The third kappa shape index (κ3) is 2.49. The molecule has 0 bridgehead atoms. The molecule has 1 atom stereocenters. The molecule has 15 heavy (non-hydrogen) atoms. The van der Waals surface area contributed by atoms with Gasteiger partial charge in [-0.3, -0.25) is 0 Å². The summed E-state index contributed by atoms with van der Waals surface area (Å²) in [4.78, 5) is 1.53. The predicted molar refractivity (Wildman–Crippen MR) is 69.4 cm³/mol. The van der Waals surface area contributed by atoms with E-state index in [0.29, 0.717) is 6.04 Å². The highest BCUT2D eigenvalue weighted by atomic mass is 32.1. The lowest BCUT2D eigenvalue weighted by Gasteiger charge is -2.25. The minimum absolute atomic E-state index is 0.423. The van der Waals surface area contributed by atoms with E-state index >= 15 is 0 Å². The van der Waals surface area contributed by atoms with Crippen molar-refractivity contribution in [3.8, 4) is 0 Å². The van der Waals surface area contributed by atoms with Crippen molar-refractivity contribution in [3.05, 3.63) is 21.9 Å². The molecule has 0 amide bonds. The van der Waals surface area contributed by atoms with Crippen LogP contribution in [0.3, 0.4) is 0 Å². The van der Waals surface area contributed by atoms with E-state index in [2.05, 4.69) is 29.0 Å². The second kappa shape index (κ2) is 4.94. The molecule has 0 saturated heterocycles. The number of hydrogen-bond donors (Lipinski definition) is 2. The number of hydrogen-bond acceptors (Lipinski definition) is 2. The Kier molecular flexibility index (Phi) is 3.59. The van der Waals surface area contributed by atoms with Gasteiger partial charge in [0.25, 0.3) is 0 Å². The SMILES string of the molecule is CCNC(=S)NC1CCCc2sccc21. The van der Waals surface area contributed by atoms with Crippen LogP contribution in [0.2, 0.25) is 0 Å². The van der Waals surface area contributed by atoms with Crippen molar-refractivity contribution < 1.29 is 0 Å². The lowest BCUT2D eigenvalue weighted by Crippen LogP contribution is -2.38. The van der Waals surface area contributed by atoms with Crippen molar-refractivity contribution in [2.45, 2.75) is 32.2 Å². The van der Waals surface area contributed by atoms with Crippen molar-refractivity contribution in [1.29, 1.82) is 0 Å². The van der Waals surface area contributed by atoms with Gasteiger partial charge >= 0.3 is 0 Å². The molecule has 82 valence electrons. The highest BCUT2D eigenvalue weighted by Gasteiger charge is 2.21. The van der Waals surface area contributed by atoms with Gasteiger partial charge in [0.2, 0.25) is 0 Å². The number of rotatable bonds is 2. The molecule has 1 unspecified atom stereocenters. The molecule has 0 spiro atoms. The van der Waals surface area contributed by atoms with Gasteiger partial charge in [-0.15, -0.1) is 11.3 Å². The Balaban J connectivity index is 2.03. The van der Waals surface area contributed by atoms with Gasteiger partial charge in [0, 0.05) is 11.4 Å². The lowest BCUT2D eigenvalue weighted by molar-refractivity contribution is 0.530. The van der Waals surface area contributed by atoms with Gasteiger partial charge in [-0.05, 0) is 55.4 Å². The zero-order chi connectivity index (χ0) is 10.7. The van der Waals surface area contributed by atoms with Crippen LogP contribution < -0.4 is 10.6 Å². The third-order valence-corrected chi connectivity index (χ3v) is 3.95. The maximum atomic E-state index is 5.22. The van der Waals surface area contributed by atoms with Crippen molar-refractivity contribution >= 4 is 28.7 Å². The normalized spacial score (nSPS) is 19.4. The van der Waals surface area contributed by atoms with Crippen LogP contribution in [0, 0.1) is 0 Å². The Labute approximate surface area is 100 Å². The largest absolute Gasteiger partial charge is 0.363 e. The molecule has 2 nitrogen and oxygen atoms in total. The van der Waals surface area contributed by atoms with Gasteiger partial charge in [-0.25, -0.2) is 0 Å². The quantitative estimate of drug-likeness (QED) is 0.777. The van der Waals surface area contributed by atoms with E-state index in [4.69, 9.17) is 12.2 Å². The molecule has 2 N–H and O–H groups in total. The number of nitrogens with one attached hydrogen (secondary N) is 2. The molecule has 0 saturated carbocycles. The van der Waals surface area contributed by atoms with E-state index in [-0.39, 0.29) is 0 Å². The van der Waals surface area contributed by atoms with Crippen LogP contribution in [0.15, 0.2) is 11.4 Å². The molecule has 1 heterocycles. The number of thiocarbonyl (C=S) groups is 1. The first-order valence-corrected chi connectivity index (χ1v) is 6.70. The van der Waals surface area contributed by atoms with E-state index in [1.807, 2.05) is 11.3 Å². The van der Waals surface area contributed by atoms with Crippen LogP contribution in [-0.4, -0.2) is 11.7 Å². The first-order chi connectivity index (χ1) is 7.31. The molecule has 2 rings (SSSR count). The van der Waals surface area contributed by atoms with Crippen LogP contribution in [0.4, 0.5) is 0 Å². The summed E-state index contributed by atoms with van der Waals surface area (Å²) in [5.41, 5.74) is 1.45. The van der Waals surface area contributed by atoms with Gasteiger partial charge in [-0.1, -0.05) is 0 Å². The zero-order valence-corrected chi connectivity index (χ0v) is 10.5. The molecule has 0 radical (unpaired) electrons. The van der Waals surface area contributed by atoms with Crippen molar-refractivity contribution in [2.75, 3.05) is 6.54 Å². The minimum Gasteiger partial charge on any atom is -0.363 e. The fourth-order valence-electron chi connectivity index (χ4n) is 2.01. The maximum Gasteiger partial charge on any atom is 0.166 e. The number of aryl methyl sites for hydroxylation is 1. The summed E-state index contributed by atoms with van der Waals surface area (Å²) < 4.78 is 0. The smallest absolute Gasteiger partial charge is 0.166 e. The Morgan fingerprint density at radius 2 is 2.53 bits per heavy atom. The second-order valence-electron chi connectivity index (χ2n) is 3.75. The van der Waals surface area contributed by atoms with Crippen LogP contribution in [0.1, 0.15) is 36.2 Å². The van der Waals surface area contributed by atoms with Crippen LogP contribution in [0.5, 0.6) is 0 Å². The van der Waals surface area contributed by atoms with Crippen LogP contribution in [0.25, 0.3) is 0 Å². The molecule has 4 heteroatoms. The number of fused-ring (bicyclic) bond motifs is 1. The maximum absolute atomic E-state index is 5.22. The monoisotopic (exact) mass is 240 g/mol. The molecule has 0 aliphatic heterocycles. The summed E-state index contributed by atoms with van der Waals surface area (Å²) >= 11 is 7.08. The highest BCUT2D eigenvalue weighted by molar-refractivity contribution is 7.80. The summed E-state index contributed by atoms with van der Waals surface area (Å²) in [6, 6.07) is 2.65.